The SMILES string of the molecule is CC(C)NC(=O)NCC(O)c1ccc2ccccc2c1. The van der Waals surface area contributed by atoms with Crippen LogP contribution in [0.4, 0.5) is 4.79 Å². The van der Waals surface area contributed by atoms with Crippen molar-refractivity contribution in [2.24, 2.45) is 0 Å². The van der Waals surface area contributed by atoms with Crippen LogP contribution >= 0.6 is 0 Å². The molecule has 106 valence electrons. The zero-order valence-corrected chi connectivity index (χ0v) is 11.8. The normalized spacial score (nSPS) is 12.4. The van der Waals surface area contributed by atoms with E-state index in [1.165, 1.54) is 0 Å². The third-order valence-corrected chi connectivity index (χ3v) is 3.03. The average molecular weight is 272 g/mol. The summed E-state index contributed by atoms with van der Waals surface area (Å²) in [7, 11) is 0. The fourth-order valence-corrected chi connectivity index (χ4v) is 2.04. The third-order valence-electron chi connectivity index (χ3n) is 3.03. The average Bonchev–Trinajstić information content (AvgIpc) is 2.43. The number of benzene rings is 2. The van der Waals surface area contributed by atoms with Gasteiger partial charge in [0.15, 0.2) is 0 Å². The summed E-state index contributed by atoms with van der Waals surface area (Å²) in [5.74, 6) is 0. The molecular formula is C16H20N2O2. The van der Waals surface area contributed by atoms with E-state index in [0.29, 0.717) is 0 Å². The van der Waals surface area contributed by atoms with E-state index in [-0.39, 0.29) is 18.6 Å². The Kier molecular flexibility index (Phi) is 4.58. The number of fused-ring (bicyclic) bond motifs is 1. The Balaban J connectivity index is 2.00. The molecule has 0 radical (unpaired) electrons. The van der Waals surface area contributed by atoms with Crippen molar-refractivity contribution in [2.75, 3.05) is 6.54 Å². The fraction of sp³-hybridized carbons (Fsp3) is 0.312. The number of aliphatic hydroxyl groups excluding tert-OH is 1. The van der Waals surface area contributed by atoms with Crippen LogP contribution in [-0.2, 0) is 0 Å². The quantitative estimate of drug-likeness (QED) is 0.801. The topological polar surface area (TPSA) is 61.4 Å². The highest BCUT2D eigenvalue weighted by Gasteiger charge is 2.10. The van der Waals surface area contributed by atoms with Gasteiger partial charge in [-0.1, -0.05) is 36.4 Å². The highest BCUT2D eigenvalue weighted by Crippen LogP contribution is 2.19. The summed E-state index contributed by atoms with van der Waals surface area (Å²) >= 11 is 0. The zero-order chi connectivity index (χ0) is 14.5. The molecular weight excluding hydrogens is 252 g/mol. The van der Waals surface area contributed by atoms with Crippen LogP contribution in [0, 0.1) is 0 Å². The van der Waals surface area contributed by atoms with Gasteiger partial charge in [-0.25, -0.2) is 4.79 Å². The standard InChI is InChI=1S/C16H20N2O2/c1-11(2)18-16(20)17-10-15(19)14-8-7-12-5-3-4-6-13(12)9-14/h3-9,11,15,19H,10H2,1-2H3,(H2,17,18,20). The van der Waals surface area contributed by atoms with E-state index >= 15 is 0 Å². The first kappa shape index (κ1) is 14.3. The molecule has 0 saturated heterocycles. The summed E-state index contributed by atoms with van der Waals surface area (Å²) in [6, 6.07) is 13.6. The van der Waals surface area contributed by atoms with Gasteiger partial charge in [-0.3, -0.25) is 0 Å². The fourth-order valence-electron chi connectivity index (χ4n) is 2.04. The second-order valence-corrected chi connectivity index (χ2v) is 5.13. The number of hydrogen-bond acceptors (Lipinski definition) is 2. The maximum Gasteiger partial charge on any atom is 0.315 e. The number of hydrogen-bond donors (Lipinski definition) is 3. The Morgan fingerprint density at radius 2 is 1.85 bits per heavy atom. The van der Waals surface area contributed by atoms with Gasteiger partial charge in [0.05, 0.1) is 6.10 Å². The molecule has 0 heterocycles. The van der Waals surface area contributed by atoms with Crippen LogP contribution in [0.1, 0.15) is 25.5 Å². The van der Waals surface area contributed by atoms with Crippen molar-refractivity contribution in [1.29, 1.82) is 0 Å². The lowest BCUT2D eigenvalue weighted by molar-refractivity contribution is 0.173. The van der Waals surface area contributed by atoms with E-state index < -0.39 is 6.10 Å². The minimum Gasteiger partial charge on any atom is -0.387 e. The Morgan fingerprint density at radius 1 is 1.15 bits per heavy atom. The predicted octanol–water partition coefficient (Wildman–Crippen LogP) is 2.58. The van der Waals surface area contributed by atoms with Crippen molar-refractivity contribution in [3.8, 4) is 0 Å². The number of carbonyl (C=O) groups is 1. The van der Waals surface area contributed by atoms with Gasteiger partial charge in [0.25, 0.3) is 0 Å². The van der Waals surface area contributed by atoms with Crippen LogP contribution in [0.15, 0.2) is 42.5 Å². The van der Waals surface area contributed by atoms with Gasteiger partial charge in [0, 0.05) is 12.6 Å². The van der Waals surface area contributed by atoms with Gasteiger partial charge < -0.3 is 15.7 Å². The van der Waals surface area contributed by atoms with Gasteiger partial charge in [-0.15, -0.1) is 0 Å². The van der Waals surface area contributed by atoms with Crippen LogP contribution in [-0.4, -0.2) is 23.7 Å². The first-order valence-corrected chi connectivity index (χ1v) is 6.77. The van der Waals surface area contributed by atoms with Crippen LogP contribution < -0.4 is 10.6 Å². The zero-order valence-electron chi connectivity index (χ0n) is 11.8. The largest absolute Gasteiger partial charge is 0.387 e. The van der Waals surface area contributed by atoms with Crippen molar-refractivity contribution in [3.63, 3.8) is 0 Å². The maximum atomic E-state index is 11.5. The predicted molar refractivity (Wildman–Crippen MR) is 80.6 cm³/mol. The van der Waals surface area contributed by atoms with E-state index in [1.807, 2.05) is 56.3 Å². The van der Waals surface area contributed by atoms with Crippen molar-refractivity contribution in [1.82, 2.24) is 10.6 Å². The molecule has 2 aromatic carbocycles. The molecule has 0 aliphatic rings. The second kappa shape index (κ2) is 6.39. The van der Waals surface area contributed by atoms with Crippen LogP contribution in [0.3, 0.4) is 0 Å². The maximum absolute atomic E-state index is 11.5. The Labute approximate surface area is 118 Å². The molecule has 0 fully saturated rings. The van der Waals surface area contributed by atoms with E-state index in [1.54, 1.807) is 0 Å². The van der Waals surface area contributed by atoms with E-state index in [2.05, 4.69) is 10.6 Å². The summed E-state index contributed by atoms with van der Waals surface area (Å²) in [4.78, 5) is 11.5. The highest BCUT2D eigenvalue weighted by molar-refractivity contribution is 5.83. The van der Waals surface area contributed by atoms with Crippen LogP contribution in [0.5, 0.6) is 0 Å². The molecule has 2 amide bonds. The number of nitrogens with one attached hydrogen (secondary N) is 2. The lowest BCUT2D eigenvalue weighted by atomic mass is 10.0. The summed E-state index contributed by atoms with van der Waals surface area (Å²) in [6.07, 6.45) is -0.711. The second-order valence-electron chi connectivity index (χ2n) is 5.13. The molecule has 0 bridgehead atoms. The Morgan fingerprint density at radius 3 is 2.55 bits per heavy atom. The molecule has 20 heavy (non-hydrogen) atoms. The highest BCUT2D eigenvalue weighted by atomic mass is 16.3. The van der Waals surface area contributed by atoms with Crippen molar-refractivity contribution < 1.29 is 9.90 Å². The van der Waals surface area contributed by atoms with Gasteiger partial charge in [-0.05, 0) is 36.2 Å². The lowest BCUT2D eigenvalue weighted by Crippen LogP contribution is -2.41. The van der Waals surface area contributed by atoms with Crippen LogP contribution in [0.25, 0.3) is 10.8 Å². The van der Waals surface area contributed by atoms with E-state index in [4.69, 9.17) is 0 Å². The number of rotatable bonds is 4. The molecule has 0 aliphatic heterocycles. The van der Waals surface area contributed by atoms with Gasteiger partial charge in [0.2, 0.25) is 0 Å². The monoisotopic (exact) mass is 272 g/mol. The molecule has 1 atom stereocenters. The third kappa shape index (κ3) is 3.71. The van der Waals surface area contributed by atoms with Crippen molar-refractivity contribution >= 4 is 16.8 Å². The van der Waals surface area contributed by atoms with Crippen molar-refractivity contribution in [3.05, 3.63) is 48.0 Å². The molecule has 1 unspecified atom stereocenters. The molecule has 0 saturated carbocycles. The molecule has 0 aliphatic carbocycles. The summed E-state index contributed by atoms with van der Waals surface area (Å²) in [5.41, 5.74) is 0.800. The first-order valence-electron chi connectivity index (χ1n) is 6.77. The van der Waals surface area contributed by atoms with E-state index in [0.717, 1.165) is 16.3 Å². The minimum absolute atomic E-state index is 0.0767. The summed E-state index contributed by atoms with van der Waals surface area (Å²) in [5, 5.41) is 17.7. The van der Waals surface area contributed by atoms with Gasteiger partial charge in [-0.2, -0.15) is 0 Å². The molecule has 3 N–H and O–H groups in total. The van der Waals surface area contributed by atoms with Crippen LogP contribution in [0.2, 0.25) is 0 Å². The summed E-state index contributed by atoms with van der Waals surface area (Å²) < 4.78 is 0. The van der Waals surface area contributed by atoms with Gasteiger partial charge >= 0.3 is 6.03 Å². The molecule has 2 rings (SSSR count). The molecule has 4 nitrogen and oxygen atoms in total. The van der Waals surface area contributed by atoms with Gasteiger partial charge in [0.1, 0.15) is 0 Å². The number of aliphatic hydroxyl groups is 1. The Hall–Kier alpha value is -2.07. The lowest BCUT2D eigenvalue weighted by Gasteiger charge is -2.14. The number of carbonyl (C=O) groups excluding carboxylic acids is 1. The minimum atomic E-state index is -0.711. The Bertz CT molecular complexity index is 596. The number of urea groups is 1. The smallest absolute Gasteiger partial charge is 0.315 e. The van der Waals surface area contributed by atoms with Crippen molar-refractivity contribution in [2.45, 2.75) is 26.0 Å². The first-order chi connectivity index (χ1) is 9.56. The van der Waals surface area contributed by atoms with E-state index in [9.17, 15) is 9.90 Å². The molecule has 0 aromatic heterocycles. The molecule has 4 heteroatoms. The molecule has 2 aromatic rings. The molecule has 0 spiro atoms. The summed E-state index contributed by atoms with van der Waals surface area (Å²) in [6.45, 7) is 3.97. The number of amides is 2.